The second kappa shape index (κ2) is 6.84. The standard InChI is InChI=1S/C12H22ClNO3/c1-6-9(2)14(8-10(15)7-13)11(16)17-12(3,4)5/h9H,6-8H2,1-5H3. The molecule has 0 radical (unpaired) electrons. The predicted octanol–water partition coefficient (Wildman–Crippen LogP) is 2.83. The Balaban J connectivity index is 4.68. The molecular formula is C12H22ClNO3. The molecule has 0 spiro atoms. The van der Waals surface area contributed by atoms with Crippen LogP contribution in [0.4, 0.5) is 4.79 Å². The van der Waals surface area contributed by atoms with Crippen LogP contribution in [0, 0.1) is 0 Å². The quantitative estimate of drug-likeness (QED) is 0.717. The van der Waals surface area contributed by atoms with Crippen LogP contribution in [0.2, 0.25) is 0 Å². The van der Waals surface area contributed by atoms with Crippen molar-refractivity contribution in [3.8, 4) is 0 Å². The van der Waals surface area contributed by atoms with Crippen molar-refractivity contribution in [3.05, 3.63) is 0 Å². The molecule has 5 heteroatoms. The Kier molecular flexibility index (Phi) is 6.53. The second-order valence-electron chi connectivity index (χ2n) is 5.04. The van der Waals surface area contributed by atoms with E-state index in [-0.39, 0.29) is 24.2 Å². The van der Waals surface area contributed by atoms with Crippen LogP contribution in [0.25, 0.3) is 0 Å². The summed E-state index contributed by atoms with van der Waals surface area (Å²) >= 11 is 5.45. The number of halogens is 1. The van der Waals surface area contributed by atoms with Crippen molar-refractivity contribution < 1.29 is 14.3 Å². The number of hydrogen-bond acceptors (Lipinski definition) is 3. The van der Waals surface area contributed by atoms with Gasteiger partial charge in [-0.1, -0.05) is 6.92 Å². The molecular weight excluding hydrogens is 242 g/mol. The molecule has 0 fully saturated rings. The minimum Gasteiger partial charge on any atom is -0.444 e. The fraction of sp³-hybridized carbons (Fsp3) is 0.833. The largest absolute Gasteiger partial charge is 0.444 e. The molecule has 1 atom stereocenters. The zero-order valence-corrected chi connectivity index (χ0v) is 12.0. The van der Waals surface area contributed by atoms with Crippen LogP contribution < -0.4 is 0 Å². The van der Waals surface area contributed by atoms with Gasteiger partial charge in [-0.3, -0.25) is 9.69 Å². The Hall–Kier alpha value is -0.770. The smallest absolute Gasteiger partial charge is 0.410 e. The Bertz CT molecular complexity index is 273. The lowest BCUT2D eigenvalue weighted by atomic mass is 10.2. The van der Waals surface area contributed by atoms with Crippen LogP contribution in [-0.4, -0.2) is 40.8 Å². The number of nitrogens with zero attached hydrogens (tertiary/aromatic N) is 1. The van der Waals surface area contributed by atoms with Gasteiger partial charge in [0.15, 0.2) is 5.78 Å². The number of alkyl halides is 1. The third-order valence-electron chi connectivity index (χ3n) is 2.25. The van der Waals surface area contributed by atoms with E-state index in [1.807, 2.05) is 13.8 Å². The van der Waals surface area contributed by atoms with Crippen molar-refractivity contribution in [2.45, 2.75) is 52.7 Å². The Morgan fingerprint density at radius 3 is 2.24 bits per heavy atom. The van der Waals surface area contributed by atoms with E-state index in [1.54, 1.807) is 20.8 Å². The first kappa shape index (κ1) is 16.2. The number of amides is 1. The summed E-state index contributed by atoms with van der Waals surface area (Å²) in [5.41, 5.74) is -0.563. The van der Waals surface area contributed by atoms with Crippen molar-refractivity contribution in [1.82, 2.24) is 4.90 Å². The van der Waals surface area contributed by atoms with Crippen LogP contribution >= 0.6 is 11.6 Å². The Morgan fingerprint density at radius 1 is 1.35 bits per heavy atom. The number of hydrogen-bond donors (Lipinski definition) is 0. The van der Waals surface area contributed by atoms with Crippen LogP contribution in [0.3, 0.4) is 0 Å². The molecule has 0 saturated carbocycles. The zero-order valence-electron chi connectivity index (χ0n) is 11.2. The summed E-state index contributed by atoms with van der Waals surface area (Å²) in [5, 5.41) is 0. The maximum absolute atomic E-state index is 11.9. The van der Waals surface area contributed by atoms with E-state index < -0.39 is 11.7 Å². The highest BCUT2D eigenvalue weighted by Gasteiger charge is 2.26. The van der Waals surface area contributed by atoms with Gasteiger partial charge in [-0.25, -0.2) is 4.79 Å². The maximum atomic E-state index is 11.9. The summed E-state index contributed by atoms with van der Waals surface area (Å²) in [7, 11) is 0. The first-order chi connectivity index (χ1) is 7.71. The molecule has 0 N–H and O–H groups in total. The number of rotatable bonds is 5. The second-order valence-corrected chi connectivity index (χ2v) is 5.31. The molecule has 0 bridgehead atoms. The highest BCUT2D eigenvalue weighted by Crippen LogP contribution is 2.13. The lowest BCUT2D eigenvalue weighted by molar-refractivity contribution is -0.118. The maximum Gasteiger partial charge on any atom is 0.410 e. The third kappa shape index (κ3) is 6.51. The number of carbonyl (C=O) groups excluding carboxylic acids is 2. The number of ether oxygens (including phenoxy) is 1. The van der Waals surface area contributed by atoms with Gasteiger partial charge >= 0.3 is 6.09 Å². The average molecular weight is 264 g/mol. The van der Waals surface area contributed by atoms with Crippen LogP contribution in [-0.2, 0) is 9.53 Å². The Labute approximate surface area is 108 Å². The van der Waals surface area contributed by atoms with E-state index in [0.29, 0.717) is 0 Å². The van der Waals surface area contributed by atoms with E-state index in [4.69, 9.17) is 16.3 Å². The SMILES string of the molecule is CCC(C)N(CC(=O)CCl)C(=O)OC(C)(C)C. The molecule has 0 aliphatic carbocycles. The summed E-state index contributed by atoms with van der Waals surface area (Å²) in [5.74, 6) is -0.270. The van der Waals surface area contributed by atoms with Gasteiger partial charge < -0.3 is 4.74 Å². The molecule has 4 nitrogen and oxygen atoms in total. The van der Waals surface area contributed by atoms with Gasteiger partial charge in [-0.2, -0.15) is 0 Å². The summed E-state index contributed by atoms with van der Waals surface area (Å²) < 4.78 is 5.26. The number of Topliss-reactive ketones (excluding diaryl/α,β-unsaturated/α-hetero) is 1. The highest BCUT2D eigenvalue weighted by molar-refractivity contribution is 6.28. The van der Waals surface area contributed by atoms with E-state index in [1.165, 1.54) is 4.90 Å². The molecule has 0 aliphatic rings. The van der Waals surface area contributed by atoms with Gasteiger partial charge in [-0.05, 0) is 34.1 Å². The summed E-state index contributed by atoms with van der Waals surface area (Å²) in [4.78, 5) is 24.7. The van der Waals surface area contributed by atoms with Gasteiger partial charge in [0.2, 0.25) is 0 Å². The number of carbonyl (C=O) groups is 2. The fourth-order valence-electron chi connectivity index (χ4n) is 1.17. The van der Waals surface area contributed by atoms with Crippen molar-refractivity contribution in [2.24, 2.45) is 0 Å². The first-order valence-electron chi connectivity index (χ1n) is 5.78. The van der Waals surface area contributed by atoms with E-state index in [2.05, 4.69) is 0 Å². The van der Waals surface area contributed by atoms with Gasteiger partial charge in [0.1, 0.15) is 5.60 Å². The average Bonchev–Trinajstić information content (AvgIpc) is 2.21. The van der Waals surface area contributed by atoms with Gasteiger partial charge in [0.25, 0.3) is 0 Å². The molecule has 0 heterocycles. The van der Waals surface area contributed by atoms with Crippen LogP contribution in [0.5, 0.6) is 0 Å². The molecule has 0 aliphatic heterocycles. The monoisotopic (exact) mass is 263 g/mol. The normalized spacial score (nSPS) is 13.1. The van der Waals surface area contributed by atoms with Crippen molar-refractivity contribution in [2.75, 3.05) is 12.4 Å². The minimum atomic E-state index is -0.563. The molecule has 100 valence electrons. The molecule has 17 heavy (non-hydrogen) atoms. The lowest BCUT2D eigenvalue weighted by Gasteiger charge is -2.30. The predicted molar refractivity (Wildman–Crippen MR) is 68.4 cm³/mol. The lowest BCUT2D eigenvalue weighted by Crippen LogP contribution is -2.44. The third-order valence-corrected chi connectivity index (χ3v) is 2.54. The van der Waals surface area contributed by atoms with Crippen molar-refractivity contribution >= 4 is 23.5 Å². The van der Waals surface area contributed by atoms with Gasteiger partial charge in [-0.15, -0.1) is 11.6 Å². The molecule has 1 amide bonds. The van der Waals surface area contributed by atoms with E-state index in [9.17, 15) is 9.59 Å². The van der Waals surface area contributed by atoms with Crippen LogP contribution in [0.15, 0.2) is 0 Å². The van der Waals surface area contributed by atoms with Crippen molar-refractivity contribution in [1.29, 1.82) is 0 Å². The highest BCUT2D eigenvalue weighted by atomic mass is 35.5. The Morgan fingerprint density at radius 2 is 1.88 bits per heavy atom. The summed E-state index contributed by atoms with van der Waals surface area (Å²) in [6, 6.07) is -0.0444. The van der Waals surface area contributed by atoms with Gasteiger partial charge in [0, 0.05) is 6.04 Å². The minimum absolute atomic E-state index is 0.00736. The number of ketones is 1. The molecule has 0 rings (SSSR count). The summed E-state index contributed by atoms with van der Waals surface area (Å²) in [6.07, 6.45) is 0.291. The molecule has 0 aromatic heterocycles. The molecule has 0 saturated heterocycles. The topological polar surface area (TPSA) is 46.6 Å². The van der Waals surface area contributed by atoms with E-state index in [0.717, 1.165) is 6.42 Å². The van der Waals surface area contributed by atoms with Crippen molar-refractivity contribution in [3.63, 3.8) is 0 Å². The fourth-order valence-corrected chi connectivity index (χ4v) is 1.26. The zero-order chi connectivity index (χ0) is 13.6. The first-order valence-corrected chi connectivity index (χ1v) is 6.32. The molecule has 0 aromatic rings. The molecule has 1 unspecified atom stereocenters. The van der Waals surface area contributed by atoms with E-state index >= 15 is 0 Å². The summed E-state index contributed by atoms with van der Waals surface area (Å²) in [6.45, 7) is 9.22. The van der Waals surface area contributed by atoms with Crippen LogP contribution in [0.1, 0.15) is 41.0 Å². The van der Waals surface area contributed by atoms with Gasteiger partial charge in [0.05, 0.1) is 12.4 Å². The molecule has 0 aromatic carbocycles.